The molecule has 2 aromatic heterocycles. The van der Waals surface area contributed by atoms with Crippen LogP contribution in [-0.4, -0.2) is 37.1 Å². The Labute approximate surface area is 166 Å². The molecule has 146 valence electrons. The molecule has 5 nitrogen and oxygen atoms in total. The molecule has 0 saturated carbocycles. The van der Waals surface area contributed by atoms with Gasteiger partial charge in [-0.25, -0.2) is 0 Å². The molecule has 1 aliphatic rings. The topological polar surface area (TPSA) is 66.0 Å². The lowest BCUT2D eigenvalue weighted by molar-refractivity contribution is -0.123. The van der Waals surface area contributed by atoms with Crippen LogP contribution in [0.3, 0.4) is 0 Å². The van der Waals surface area contributed by atoms with Crippen LogP contribution in [0.5, 0.6) is 0 Å². The van der Waals surface area contributed by atoms with Gasteiger partial charge in [-0.05, 0) is 92.9 Å². The maximum Gasteiger partial charge on any atom is 0.242 e. The van der Waals surface area contributed by atoms with Crippen molar-refractivity contribution < 1.29 is 4.79 Å². The van der Waals surface area contributed by atoms with Gasteiger partial charge in [-0.1, -0.05) is 0 Å². The molecule has 0 spiro atoms. The Morgan fingerprint density at radius 1 is 1.26 bits per heavy atom. The zero-order valence-corrected chi connectivity index (χ0v) is 16.9. The van der Waals surface area contributed by atoms with Gasteiger partial charge in [-0.15, -0.1) is 11.3 Å². The summed E-state index contributed by atoms with van der Waals surface area (Å²) in [5.74, 6) is 0.832. The Hall–Kier alpha value is -1.76. The van der Waals surface area contributed by atoms with Crippen LogP contribution < -0.4 is 16.0 Å². The second-order valence-corrected chi connectivity index (χ2v) is 8.18. The van der Waals surface area contributed by atoms with E-state index in [9.17, 15) is 4.79 Å². The Kier molecular flexibility index (Phi) is 7.80. The number of thiophene rings is 1. The second-order valence-electron chi connectivity index (χ2n) is 7.23. The SMILES string of the molecule is Cc1ccsc1C(NCCC1CCNCC1)C(=O)NCCc1ccncc1. The standard InChI is InChI=1S/C21H30N4OS/c1-16-8-15-27-20(16)19(24-13-6-17-2-9-22-10-3-17)21(26)25-14-7-18-4-11-23-12-5-18/h4-5,8,11-12,15,17,19,22,24H,2-3,6-7,9-10,13-14H2,1H3,(H,25,26). The van der Waals surface area contributed by atoms with E-state index >= 15 is 0 Å². The van der Waals surface area contributed by atoms with E-state index in [0.29, 0.717) is 6.54 Å². The van der Waals surface area contributed by atoms with Crippen LogP contribution in [0.2, 0.25) is 0 Å². The van der Waals surface area contributed by atoms with Crippen LogP contribution in [0, 0.1) is 12.8 Å². The Morgan fingerprint density at radius 2 is 2.04 bits per heavy atom. The molecule has 1 saturated heterocycles. The molecule has 0 aromatic carbocycles. The van der Waals surface area contributed by atoms with Gasteiger partial charge in [0.2, 0.25) is 5.91 Å². The summed E-state index contributed by atoms with van der Waals surface area (Å²) >= 11 is 1.66. The first kappa shape index (κ1) is 20.0. The summed E-state index contributed by atoms with van der Waals surface area (Å²) in [6, 6.07) is 5.81. The van der Waals surface area contributed by atoms with Crippen molar-refractivity contribution in [2.45, 2.75) is 38.6 Å². The highest BCUT2D eigenvalue weighted by Gasteiger charge is 2.23. The van der Waals surface area contributed by atoms with Crippen molar-refractivity contribution in [3.63, 3.8) is 0 Å². The Bertz CT molecular complexity index is 697. The van der Waals surface area contributed by atoms with Gasteiger partial charge in [0.15, 0.2) is 0 Å². The van der Waals surface area contributed by atoms with Gasteiger partial charge < -0.3 is 16.0 Å². The third-order valence-corrected chi connectivity index (χ3v) is 6.33. The molecule has 2 aromatic rings. The predicted octanol–water partition coefficient (Wildman–Crippen LogP) is 2.83. The first-order chi connectivity index (χ1) is 13.2. The molecule has 1 atom stereocenters. The molecule has 3 N–H and O–H groups in total. The minimum absolute atomic E-state index is 0.0694. The number of rotatable bonds is 9. The molecule has 0 radical (unpaired) electrons. The lowest BCUT2D eigenvalue weighted by Gasteiger charge is -2.24. The fraction of sp³-hybridized carbons (Fsp3) is 0.524. The number of pyridine rings is 1. The van der Waals surface area contributed by atoms with Crippen molar-refractivity contribution in [3.05, 3.63) is 52.0 Å². The molecule has 1 amide bonds. The highest BCUT2D eigenvalue weighted by atomic mass is 32.1. The number of hydrogen-bond donors (Lipinski definition) is 3. The Balaban J connectivity index is 1.52. The molecule has 0 bridgehead atoms. The van der Waals surface area contributed by atoms with Gasteiger partial charge in [0.05, 0.1) is 0 Å². The zero-order valence-electron chi connectivity index (χ0n) is 16.0. The zero-order chi connectivity index (χ0) is 18.9. The molecule has 6 heteroatoms. The maximum atomic E-state index is 12.9. The van der Waals surface area contributed by atoms with Gasteiger partial charge >= 0.3 is 0 Å². The average Bonchev–Trinajstić information content (AvgIpc) is 3.12. The van der Waals surface area contributed by atoms with Gasteiger partial charge in [0, 0.05) is 23.8 Å². The first-order valence-corrected chi connectivity index (χ1v) is 10.8. The van der Waals surface area contributed by atoms with E-state index in [1.54, 1.807) is 23.7 Å². The fourth-order valence-corrected chi connectivity index (χ4v) is 4.57. The summed E-state index contributed by atoms with van der Waals surface area (Å²) in [5.41, 5.74) is 2.37. The number of hydrogen-bond acceptors (Lipinski definition) is 5. The molecular formula is C21H30N4OS. The van der Waals surface area contributed by atoms with Gasteiger partial charge in [-0.2, -0.15) is 0 Å². The Morgan fingerprint density at radius 3 is 2.74 bits per heavy atom. The summed E-state index contributed by atoms with van der Waals surface area (Å²) in [7, 11) is 0. The van der Waals surface area contributed by atoms with Crippen LogP contribution in [-0.2, 0) is 11.2 Å². The third-order valence-electron chi connectivity index (χ3n) is 5.25. The fourth-order valence-electron chi connectivity index (χ4n) is 3.57. The van der Waals surface area contributed by atoms with Crippen LogP contribution in [0.15, 0.2) is 36.0 Å². The smallest absolute Gasteiger partial charge is 0.242 e. The van der Waals surface area contributed by atoms with E-state index in [2.05, 4.69) is 39.3 Å². The molecule has 1 fully saturated rings. The summed E-state index contributed by atoms with van der Waals surface area (Å²) in [6.07, 6.45) is 8.01. The number of carbonyl (C=O) groups is 1. The minimum atomic E-state index is -0.260. The van der Waals surface area contributed by atoms with Crippen LogP contribution in [0.1, 0.15) is 41.3 Å². The number of amides is 1. The van der Waals surface area contributed by atoms with Crippen molar-refractivity contribution in [1.29, 1.82) is 0 Å². The molecule has 3 rings (SSSR count). The highest BCUT2D eigenvalue weighted by Crippen LogP contribution is 2.25. The lowest BCUT2D eigenvalue weighted by Crippen LogP contribution is -2.39. The van der Waals surface area contributed by atoms with E-state index in [0.717, 1.165) is 43.3 Å². The average molecular weight is 387 g/mol. The number of piperidine rings is 1. The van der Waals surface area contributed by atoms with Crippen LogP contribution >= 0.6 is 11.3 Å². The van der Waals surface area contributed by atoms with E-state index < -0.39 is 0 Å². The quantitative estimate of drug-likeness (QED) is 0.620. The maximum absolute atomic E-state index is 12.9. The van der Waals surface area contributed by atoms with E-state index in [-0.39, 0.29) is 11.9 Å². The third kappa shape index (κ3) is 6.13. The molecule has 1 aliphatic heterocycles. The summed E-state index contributed by atoms with van der Waals surface area (Å²) in [4.78, 5) is 18.0. The minimum Gasteiger partial charge on any atom is -0.354 e. The lowest BCUT2D eigenvalue weighted by atomic mass is 9.94. The normalized spacial score (nSPS) is 16.2. The molecule has 1 unspecified atom stereocenters. The number of carbonyl (C=O) groups excluding carboxylic acids is 1. The van der Waals surface area contributed by atoms with Crippen molar-refractivity contribution >= 4 is 17.2 Å². The second kappa shape index (κ2) is 10.5. The molecule has 27 heavy (non-hydrogen) atoms. The van der Waals surface area contributed by atoms with E-state index in [4.69, 9.17) is 0 Å². The number of aryl methyl sites for hydroxylation is 1. The number of nitrogens with zero attached hydrogens (tertiary/aromatic N) is 1. The van der Waals surface area contributed by atoms with Crippen molar-refractivity contribution in [3.8, 4) is 0 Å². The van der Waals surface area contributed by atoms with Gasteiger partial charge in [-0.3, -0.25) is 9.78 Å². The number of aromatic nitrogens is 1. The van der Waals surface area contributed by atoms with Gasteiger partial charge in [0.25, 0.3) is 0 Å². The summed E-state index contributed by atoms with van der Waals surface area (Å²) < 4.78 is 0. The molecular weight excluding hydrogens is 356 g/mol. The van der Waals surface area contributed by atoms with Crippen LogP contribution in [0.25, 0.3) is 0 Å². The highest BCUT2D eigenvalue weighted by molar-refractivity contribution is 7.10. The van der Waals surface area contributed by atoms with E-state index in [1.165, 1.54) is 24.0 Å². The summed E-state index contributed by atoms with van der Waals surface area (Å²) in [5, 5.41) is 12.1. The van der Waals surface area contributed by atoms with Crippen molar-refractivity contribution in [1.82, 2.24) is 20.9 Å². The van der Waals surface area contributed by atoms with Crippen molar-refractivity contribution in [2.75, 3.05) is 26.2 Å². The largest absolute Gasteiger partial charge is 0.354 e. The number of nitrogens with one attached hydrogen (secondary N) is 3. The van der Waals surface area contributed by atoms with Crippen molar-refractivity contribution in [2.24, 2.45) is 5.92 Å². The molecule has 0 aliphatic carbocycles. The van der Waals surface area contributed by atoms with Gasteiger partial charge in [0.1, 0.15) is 6.04 Å². The summed E-state index contributed by atoms with van der Waals surface area (Å²) in [6.45, 7) is 5.84. The monoisotopic (exact) mass is 386 g/mol. The molecule has 3 heterocycles. The first-order valence-electron chi connectivity index (χ1n) is 9.88. The predicted molar refractivity (Wildman–Crippen MR) is 111 cm³/mol. The van der Waals surface area contributed by atoms with Crippen LogP contribution in [0.4, 0.5) is 0 Å². The van der Waals surface area contributed by atoms with E-state index in [1.807, 2.05) is 12.1 Å².